The van der Waals surface area contributed by atoms with Crippen LogP contribution in [0.1, 0.15) is 25.3 Å². The van der Waals surface area contributed by atoms with Crippen LogP contribution in [0, 0.1) is 0 Å². The van der Waals surface area contributed by atoms with Gasteiger partial charge in [-0.25, -0.2) is 4.79 Å². The van der Waals surface area contributed by atoms with Crippen LogP contribution in [0.25, 0.3) is 5.57 Å². The van der Waals surface area contributed by atoms with Crippen LogP contribution >= 0.6 is 0 Å². The van der Waals surface area contributed by atoms with Crippen molar-refractivity contribution in [1.82, 2.24) is 4.90 Å². The molecule has 5 nitrogen and oxygen atoms in total. The minimum atomic E-state index is -0.941. The highest BCUT2D eigenvalue weighted by Crippen LogP contribution is 2.26. The number of carbonyl (C=O) groups is 2. The number of aliphatic carboxylic acids is 1. The molecule has 0 radical (unpaired) electrons. The average Bonchev–Trinajstić information content (AvgIpc) is 2.96. The molecule has 2 rings (SSSR count). The first-order valence-corrected chi connectivity index (χ1v) is 6.89. The van der Waals surface area contributed by atoms with Gasteiger partial charge in [-0.05, 0) is 31.4 Å². The number of allylic oxidation sites excluding steroid dienone is 1. The van der Waals surface area contributed by atoms with Crippen LogP contribution in [0.2, 0.25) is 0 Å². The molecule has 1 amide bonds. The molecule has 0 bridgehead atoms. The lowest BCUT2D eigenvalue weighted by Crippen LogP contribution is -2.39. The van der Waals surface area contributed by atoms with E-state index in [9.17, 15) is 9.59 Å². The summed E-state index contributed by atoms with van der Waals surface area (Å²) >= 11 is 0. The number of carboxylic acid groups (broad SMARTS) is 1. The summed E-state index contributed by atoms with van der Waals surface area (Å²) in [5.41, 5.74) is 1.59. The Morgan fingerprint density at radius 1 is 1.38 bits per heavy atom. The first-order chi connectivity index (χ1) is 10.0. The van der Waals surface area contributed by atoms with Crippen molar-refractivity contribution in [2.24, 2.45) is 0 Å². The number of carbonyl (C=O) groups excluding carboxylic acids is 1. The average molecular weight is 289 g/mol. The summed E-state index contributed by atoms with van der Waals surface area (Å²) in [6, 6.07) is 6.72. The van der Waals surface area contributed by atoms with Gasteiger partial charge in [-0.15, -0.1) is 0 Å². The Labute approximate surface area is 123 Å². The zero-order chi connectivity index (χ0) is 15.4. The molecular weight excluding hydrogens is 270 g/mol. The van der Waals surface area contributed by atoms with Gasteiger partial charge in [0.25, 0.3) is 0 Å². The molecule has 0 aliphatic carbocycles. The number of ether oxygens (including phenoxy) is 1. The van der Waals surface area contributed by atoms with Crippen LogP contribution < -0.4 is 4.74 Å². The van der Waals surface area contributed by atoms with E-state index in [1.807, 2.05) is 31.2 Å². The summed E-state index contributed by atoms with van der Waals surface area (Å²) in [4.78, 5) is 24.8. The van der Waals surface area contributed by atoms with E-state index in [1.165, 1.54) is 11.0 Å². The summed E-state index contributed by atoms with van der Waals surface area (Å²) in [6.07, 6.45) is 2.73. The highest BCUT2D eigenvalue weighted by Gasteiger charge is 2.33. The largest absolute Gasteiger partial charge is 0.496 e. The first-order valence-electron chi connectivity index (χ1n) is 6.89. The molecule has 1 aromatic carbocycles. The third kappa shape index (κ3) is 3.24. The number of benzene rings is 1. The summed E-state index contributed by atoms with van der Waals surface area (Å²) in [7, 11) is 1.58. The smallest absolute Gasteiger partial charge is 0.326 e. The van der Waals surface area contributed by atoms with Crippen LogP contribution in [0.5, 0.6) is 5.75 Å². The molecule has 21 heavy (non-hydrogen) atoms. The number of likely N-dealkylation sites (tertiary alicyclic amines) is 1. The van der Waals surface area contributed by atoms with Crippen molar-refractivity contribution in [2.75, 3.05) is 13.7 Å². The molecule has 1 atom stereocenters. The fraction of sp³-hybridized carbons (Fsp3) is 0.375. The molecule has 112 valence electrons. The number of para-hydroxylation sites is 1. The molecule has 0 spiro atoms. The fourth-order valence-electron chi connectivity index (χ4n) is 2.60. The van der Waals surface area contributed by atoms with Crippen LogP contribution in [0.15, 0.2) is 30.3 Å². The molecule has 0 aromatic heterocycles. The molecule has 0 unspecified atom stereocenters. The van der Waals surface area contributed by atoms with Crippen molar-refractivity contribution in [3.05, 3.63) is 35.9 Å². The van der Waals surface area contributed by atoms with E-state index in [-0.39, 0.29) is 5.91 Å². The van der Waals surface area contributed by atoms with Crippen LogP contribution in [0.4, 0.5) is 0 Å². The number of rotatable bonds is 4. The van der Waals surface area contributed by atoms with E-state index in [0.29, 0.717) is 18.7 Å². The third-order valence-electron chi connectivity index (χ3n) is 3.69. The molecule has 1 aromatic rings. The van der Waals surface area contributed by atoms with Gasteiger partial charge < -0.3 is 14.7 Å². The second-order valence-electron chi connectivity index (χ2n) is 5.06. The lowest BCUT2D eigenvalue weighted by atomic mass is 10.1. The number of methoxy groups -OCH3 is 1. The van der Waals surface area contributed by atoms with Gasteiger partial charge in [0, 0.05) is 18.2 Å². The highest BCUT2D eigenvalue weighted by molar-refractivity contribution is 5.97. The molecule has 0 saturated carbocycles. The SMILES string of the molecule is COc1ccccc1C(C)=CC(=O)N1CCC[C@@H]1C(=O)O. The van der Waals surface area contributed by atoms with Crippen LogP contribution in [-0.4, -0.2) is 41.6 Å². The standard InChI is InChI=1S/C16H19NO4/c1-11(12-6-3-4-8-14(12)21-2)10-15(18)17-9-5-7-13(17)16(19)20/h3-4,6,8,10,13H,5,7,9H2,1-2H3,(H,19,20)/t13-/m1/s1. The van der Waals surface area contributed by atoms with E-state index in [4.69, 9.17) is 9.84 Å². The predicted octanol–water partition coefficient (Wildman–Crippen LogP) is 2.17. The van der Waals surface area contributed by atoms with Crippen molar-refractivity contribution in [3.63, 3.8) is 0 Å². The summed E-state index contributed by atoms with van der Waals surface area (Å²) in [5, 5.41) is 9.13. The monoisotopic (exact) mass is 289 g/mol. The molecule has 1 fully saturated rings. The number of hydrogen-bond acceptors (Lipinski definition) is 3. The summed E-state index contributed by atoms with van der Waals surface area (Å²) in [5.74, 6) is -0.511. The second-order valence-corrected chi connectivity index (χ2v) is 5.06. The van der Waals surface area contributed by atoms with E-state index in [1.54, 1.807) is 7.11 Å². The van der Waals surface area contributed by atoms with E-state index in [0.717, 1.165) is 17.6 Å². The van der Waals surface area contributed by atoms with Crippen molar-refractivity contribution in [3.8, 4) is 5.75 Å². The Balaban J connectivity index is 2.22. The molecule has 1 aliphatic rings. The normalized spacial score (nSPS) is 18.7. The molecule has 1 aliphatic heterocycles. The number of amides is 1. The lowest BCUT2D eigenvalue weighted by Gasteiger charge is -2.20. The highest BCUT2D eigenvalue weighted by atomic mass is 16.5. The predicted molar refractivity (Wildman–Crippen MR) is 79.0 cm³/mol. The van der Waals surface area contributed by atoms with Crippen molar-refractivity contribution >= 4 is 17.4 Å². The Morgan fingerprint density at radius 2 is 2.10 bits per heavy atom. The van der Waals surface area contributed by atoms with Gasteiger partial charge >= 0.3 is 5.97 Å². The van der Waals surface area contributed by atoms with Crippen LogP contribution in [0.3, 0.4) is 0 Å². The fourth-order valence-corrected chi connectivity index (χ4v) is 2.60. The second kappa shape index (κ2) is 6.43. The van der Waals surface area contributed by atoms with Crippen LogP contribution in [-0.2, 0) is 9.59 Å². The van der Waals surface area contributed by atoms with Gasteiger partial charge in [0.1, 0.15) is 11.8 Å². The van der Waals surface area contributed by atoms with Crippen molar-refractivity contribution in [2.45, 2.75) is 25.8 Å². The number of nitrogens with zero attached hydrogens (tertiary/aromatic N) is 1. The quantitative estimate of drug-likeness (QED) is 0.863. The Kier molecular flexibility index (Phi) is 4.62. The molecule has 1 saturated heterocycles. The number of hydrogen-bond donors (Lipinski definition) is 1. The Hall–Kier alpha value is -2.30. The number of carboxylic acids is 1. The zero-order valence-corrected chi connectivity index (χ0v) is 12.2. The summed E-state index contributed by atoms with van der Waals surface area (Å²) < 4.78 is 5.27. The molecular formula is C16H19NO4. The minimum absolute atomic E-state index is 0.261. The minimum Gasteiger partial charge on any atom is -0.496 e. The third-order valence-corrected chi connectivity index (χ3v) is 3.69. The maximum Gasteiger partial charge on any atom is 0.326 e. The summed E-state index contributed by atoms with van der Waals surface area (Å²) in [6.45, 7) is 2.31. The molecule has 1 N–H and O–H groups in total. The maximum absolute atomic E-state index is 12.3. The maximum atomic E-state index is 12.3. The van der Waals surface area contributed by atoms with Gasteiger partial charge in [-0.3, -0.25) is 4.79 Å². The van der Waals surface area contributed by atoms with Crippen molar-refractivity contribution < 1.29 is 19.4 Å². The lowest BCUT2D eigenvalue weighted by molar-refractivity contribution is -0.146. The van der Waals surface area contributed by atoms with E-state index >= 15 is 0 Å². The zero-order valence-electron chi connectivity index (χ0n) is 12.2. The van der Waals surface area contributed by atoms with Gasteiger partial charge in [0.2, 0.25) is 5.91 Å². The van der Waals surface area contributed by atoms with Gasteiger partial charge in [0.15, 0.2) is 0 Å². The first kappa shape index (κ1) is 15.1. The van der Waals surface area contributed by atoms with E-state index < -0.39 is 12.0 Å². The van der Waals surface area contributed by atoms with Gasteiger partial charge in [-0.1, -0.05) is 18.2 Å². The molecule has 1 heterocycles. The Bertz CT molecular complexity index is 579. The van der Waals surface area contributed by atoms with E-state index in [2.05, 4.69) is 0 Å². The van der Waals surface area contributed by atoms with Gasteiger partial charge in [-0.2, -0.15) is 0 Å². The Morgan fingerprint density at radius 3 is 2.76 bits per heavy atom. The topological polar surface area (TPSA) is 66.8 Å². The van der Waals surface area contributed by atoms with Gasteiger partial charge in [0.05, 0.1) is 7.11 Å². The molecule has 5 heteroatoms. The van der Waals surface area contributed by atoms with Crippen molar-refractivity contribution in [1.29, 1.82) is 0 Å².